The lowest BCUT2D eigenvalue weighted by Crippen LogP contribution is -2.09. The summed E-state index contributed by atoms with van der Waals surface area (Å²) in [7, 11) is -1.71. The van der Waals surface area contributed by atoms with Crippen molar-refractivity contribution < 1.29 is 13.2 Å². The van der Waals surface area contributed by atoms with E-state index >= 15 is 0 Å². The van der Waals surface area contributed by atoms with Gasteiger partial charge in [-0.1, -0.05) is 17.7 Å². The van der Waals surface area contributed by atoms with E-state index in [4.69, 9.17) is 16.3 Å². The fraction of sp³-hybridized carbons (Fsp3) is 0.238. The van der Waals surface area contributed by atoms with Crippen LogP contribution in [0.15, 0.2) is 48.9 Å². The third-order valence-corrected chi connectivity index (χ3v) is 5.65. The largest absolute Gasteiger partial charge is 0.494 e. The Kier molecular flexibility index (Phi) is 5.19. The van der Waals surface area contributed by atoms with E-state index in [0.29, 0.717) is 16.6 Å². The van der Waals surface area contributed by atoms with Gasteiger partial charge in [0.2, 0.25) is 10.0 Å². The van der Waals surface area contributed by atoms with E-state index in [-0.39, 0.29) is 0 Å². The molecule has 4 rings (SSSR count). The lowest BCUT2D eigenvalue weighted by atomic mass is 10.0. The number of hydrogen-bond donors (Lipinski definition) is 1. The number of benzene rings is 1. The first-order chi connectivity index (χ1) is 13.9. The highest BCUT2D eigenvalue weighted by molar-refractivity contribution is 7.92. The first-order valence-corrected chi connectivity index (χ1v) is 11.4. The molecule has 29 heavy (non-hydrogen) atoms. The van der Waals surface area contributed by atoms with Gasteiger partial charge in [-0.25, -0.2) is 8.42 Å². The normalized spacial score (nSPS) is 13.9. The van der Waals surface area contributed by atoms with Crippen molar-refractivity contribution in [3.63, 3.8) is 0 Å². The van der Waals surface area contributed by atoms with Gasteiger partial charge in [-0.2, -0.15) is 0 Å². The standard InChI is InChI=1S/C21H20ClN3O3S/c1-28-21-18(7-8-24-20(21)13-3-4-13)15-9-14(11-23-12-15)17-6-5-16(10-19(17)22)25-29(2,26)27/h5-13,25H,3-4H2,1-2H3. The highest BCUT2D eigenvalue weighted by Crippen LogP contribution is 2.46. The predicted octanol–water partition coefficient (Wildman–Crippen LogP) is 4.72. The van der Waals surface area contributed by atoms with Gasteiger partial charge in [0, 0.05) is 52.4 Å². The molecule has 0 atom stereocenters. The fourth-order valence-corrected chi connectivity index (χ4v) is 4.16. The van der Waals surface area contributed by atoms with Crippen molar-refractivity contribution in [3.8, 4) is 28.0 Å². The average molecular weight is 430 g/mol. The first-order valence-electron chi connectivity index (χ1n) is 9.12. The van der Waals surface area contributed by atoms with E-state index in [2.05, 4.69) is 14.7 Å². The smallest absolute Gasteiger partial charge is 0.229 e. The molecule has 1 saturated carbocycles. The Bertz CT molecular complexity index is 1180. The number of methoxy groups -OCH3 is 1. The van der Waals surface area contributed by atoms with Gasteiger partial charge in [0.05, 0.1) is 24.1 Å². The summed E-state index contributed by atoms with van der Waals surface area (Å²) in [5.74, 6) is 1.25. The molecule has 150 valence electrons. The Morgan fingerprint density at radius 2 is 1.83 bits per heavy atom. The zero-order chi connectivity index (χ0) is 20.6. The minimum absolute atomic E-state index is 0.412. The Morgan fingerprint density at radius 1 is 1.10 bits per heavy atom. The Labute approximate surface area is 175 Å². The number of hydrogen-bond acceptors (Lipinski definition) is 5. The maximum atomic E-state index is 11.4. The Balaban J connectivity index is 1.73. The molecule has 1 fully saturated rings. The van der Waals surface area contributed by atoms with Crippen LogP contribution in [0.3, 0.4) is 0 Å². The van der Waals surface area contributed by atoms with Crippen LogP contribution in [-0.4, -0.2) is 31.8 Å². The van der Waals surface area contributed by atoms with Crippen molar-refractivity contribution in [2.24, 2.45) is 0 Å². The van der Waals surface area contributed by atoms with Crippen LogP contribution < -0.4 is 9.46 Å². The van der Waals surface area contributed by atoms with Crippen molar-refractivity contribution >= 4 is 27.3 Å². The van der Waals surface area contributed by atoms with Gasteiger partial charge in [0.25, 0.3) is 0 Å². The number of ether oxygens (including phenoxy) is 1. The second-order valence-electron chi connectivity index (χ2n) is 7.08. The maximum absolute atomic E-state index is 11.4. The van der Waals surface area contributed by atoms with E-state index in [0.717, 1.165) is 52.8 Å². The molecule has 0 unspecified atom stereocenters. The third-order valence-electron chi connectivity index (χ3n) is 4.73. The summed E-state index contributed by atoms with van der Waals surface area (Å²) in [4.78, 5) is 8.89. The molecule has 0 aliphatic heterocycles. The zero-order valence-electron chi connectivity index (χ0n) is 16.0. The van der Waals surface area contributed by atoms with Gasteiger partial charge in [-0.05, 0) is 37.1 Å². The van der Waals surface area contributed by atoms with Crippen molar-refractivity contribution in [2.75, 3.05) is 18.1 Å². The van der Waals surface area contributed by atoms with Gasteiger partial charge in [0.1, 0.15) is 5.75 Å². The minimum Gasteiger partial charge on any atom is -0.494 e. The molecule has 1 N–H and O–H groups in total. The Hall–Kier alpha value is -2.64. The van der Waals surface area contributed by atoms with Crippen LogP contribution in [0.1, 0.15) is 24.5 Å². The summed E-state index contributed by atoms with van der Waals surface area (Å²) in [5.41, 5.74) is 4.82. The lowest BCUT2D eigenvalue weighted by molar-refractivity contribution is 0.408. The molecule has 1 aromatic carbocycles. The highest BCUT2D eigenvalue weighted by Gasteiger charge is 2.29. The van der Waals surface area contributed by atoms with Crippen LogP contribution in [0.25, 0.3) is 22.3 Å². The molecule has 0 radical (unpaired) electrons. The zero-order valence-corrected chi connectivity index (χ0v) is 17.6. The van der Waals surface area contributed by atoms with Crippen molar-refractivity contribution in [2.45, 2.75) is 18.8 Å². The van der Waals surface area contributed by atoms with Gasteiger partial charge < -0.3 is 4.74 Å². The van der Waals surface area contributed by atoms with Gasteiger partial charge in [-0.3, -0.25) is 14.7 Å². The molecule has 1 aliphatic rings. The number of aromatic nitrogens is 2. The van der Waals surface area contributed by atoms with E-state index in [1.165, 1.54) is 0 Å². The van der Waals surface area contributed by atoms with E-state index in [9.17, 15) is 8.42 Å². The first kappa shape index (κ1) is 19.7. The second-order valence-corrected chi connectivity index (χ2v) is 9.24. The third kappa shape index (κ3) is 4.36. The van der Waals surface area contributed by atoms with Crippen LogP contribution in [0, 0.1) is 0 Å². The number of sulfonamides is 1. The summed E-state index contributed by atoms with van der Waals surface area (Å²) in [6, 6.07) is 8.95. The van der Waals surface area contributed by atoms with Crippen molar-refractivity contribution in [3.05, 3.63) is 59.6 Å². The van der Waals surface area contributed by atoms with E-state index in [1.807, 2.05) is 12.1 Å². The monoisotopic (exact) mass is 429 g/mol. The summed E-state index contributed by atoms with van der Waals surface area (Å²) in [6.07, 6.45) is 8.68. The summed E-state index contributed by atoms with van der Waals surface area (Å²) in [5, 5.41) is 0.429. The fourth-order valence-electron chi connectivity index (χ4n) is 3.32. The number of rotatable bonds is 6. The second kappa shape index (κ2) is 7.65. The van der Waals surface area contributed by atoms with Crippen LogP contribution in [0.2, 0.25) is 5.02 Å². The van der Waals surface area contributed by atoms with Crippen LogP contribution in [0.4, 0.5) is 5.69 Å². The molecule has 1 aliphatic carbocycles. The molecule has 0 saturated heterocycles. The van der Waals surface area contributed by atoms with Crippen molar-refractivity contribution in [1.29, 1.82) is 0 Å². The lowest BCUT2D eigenvalue weighted by Gasteiger charge is -2.14. The summed E-state index contributed by atoms with van der Waals surface area (Å²) in [6.45, 7) is 0. The topological polar surface area (TPSA) is 81.2 Å². The molecular weight excluding hydrogens is 410 g/mol. The van der Waals surface area contributed by atoms with Crippen LogP contribution in [0.5, 0.6) is 5.75 Å². The number of pyridine rings is 2. The molecule has 0 amide bonds. The van der Waals surface area contributed by atoms with Crippen molar-refractivity contribution in [1.82, 2.24) is 9.97 Å². The number of nitrogens with one attached hydrogen (secondary N) is 1. The summed E-state index contributed by atoms with van der Waals surface area (Å²) < 4.78 is 31.0. The maximum Gasteiger partial charge on any atom is 0.229 e. The van der Waals surface area contributed by atoms with Gasteiger partial charge in [-0.15, -0.1) is 0 Å². The predicted molar refractivity (Wildman–Crippen MR) is 115 cm³/mol. The molecule has 2 aromatic heterocycles. The van der Waals surface area contributed by atoms with Gasteiger partial charge in [0.15, 0.2) is 0 Å². The quantitative estimate of drug-likeness (QED) is 0.613. The summed E-state index contributed by atoms with van der Waals surface area (Å²) >= 11 is 6.43. The highest BCUT2D eigenvalue weighted by atomic mass is 35.5. The van der Waals surface area contributed by atoms with E-state index in [1.54, 1.807) is 43.9 Å². The molecule has 2 heterocycles. The molecular formula is C21H20ClN3O3S. The molecule has 6 nitrogen and oxygen atoms in total. The number of nitrogens with zero attached hydrogens (tertiary/aromatic N) is 2. The molecule has 0 bridgehead atoms. The number of anilines is 1. The SMILES string of the molecule is COc1c(-c2cncc(-c3ccc(NS(C)(=O)=O)cc3Cl)c2)ccnc1C1CC1. The molecule has 3 aromatic rings. The van der Waals surface area contributed by atoms with Crippen LogP contribution in [-0.2, 0) is 10.0 Å². The van der Waals surface area contributed by atoms with E-state index < -0.39 is 10.0 Å². The van der Waals surface area contributed by atoms with Gasteiger partial charge >= 0.3 is 0 Å². The number of halogens is 1. The molecule has 8 heteroatoms. The molecule has 0 spiro atoms. The Morgan fingerprint density at radius 3 is 2.45 bits per heavy atom. The minimum atomic E-state index is -3.37. The average Bonchev–Trinajstić information content (AvgIpc) is 3.51. The van der Waals surface area contributed by atoms with Crippen LogP contribution >= 0.6 is 11.6 Å².